The van der Waals surface area contributed by atoms with Crippen molar-refractivity contribution in [2.24, 2.45) is 0 Å². The van der Waals surface area contributed by atoms with E-state index in [1.165, 1.54) is 5.56 Å². The zero-order valence-electron chi connectivity index (χ0n) is 25.0. The molecule has 0 saturated carbocycles. The molecular formula is C35H40N2O5S. The van der Waals surface area contributed by atoms with Gasteiger partial charge in [-0.3, -0.25) is 14.6 Å². The summed E-state index contributed by atoms with van der Waals surface area (Å²) >= 11 is 1.65. The van der Waals surface area contributed by atoms with E-state index in [4.69, 9.17) is 14.2 Å². The van der Waals surface area contributed by atoms with E-state index in [0.29, 0.717) is 12.2 Å². The molecule has 1 unspecified atom stereocenters. The van der Waals surface area contributed by atoms with Crippen LogP contribution in [0.1, 0.15) is 39.9 Å². The number of morpholine rings is 1. The number of likely N-dealkylation sites (tertiary alicyclic amines) is 1. The molecule has 4 aromatic rings. The lowest BCUT2D eigenvalue weighted by Gasteiger charge is -2.27. The van der Waals surface area contributed by atoms with E-state index in [1.807, 2.05) is 42.5 Å². The van der Waals surface area contributed by atoms with Crippen LogP contribution in [-0.2, 0) is 11.3 Å². The summed E-state index contributed by atoms with van der Waals surface area (Å²) in [6.45, 7) is 8.69. The number of methoxy groups -OCH3 is 1. The Balaban J connectivity index is 1.25. The number of aryl methyl sites for hydroxylation is 1. The third kappa shape index (κ3) is 6.64. The number of benzene rings is 3. The first kappa shape index (κ1) is 29.8. The van der Waals surface area contributed by atoms with Crippen molar-refractivity contribution < 1.29 is 24.1 Å². The molecule has 43 heavy (non-hydrogen) atoms. The van der Waals surface area contributed by atoms with Gasteiger partial charge in [-0.1, -0.05) is 24.3 Å². The Morgan fingerprint density at radius 1 is 1.05 bits per heavy atom. The Morgan fingerprint density at radius 3 is 2.63 bits per heavy atom. The van der Waals surface area contributed by atoms with E-state index >= 15 is 0 Å². The van der Waals surface area contributed by atoms with Crippen molar-refractivity contribution in [2.45, 2.75) is 32.4 Å². The molecular weight excluding hydrogens is 560 g/mol. The molecule has 1 aromatic heterocycles. The number of carbonyl (C=O) groups is 1. The van der Waals surface area contributed by atoms with Gasteiger partial charge in [-0.15, -0.1) is 11.3 Å². The Labute approximate surface area is 257 Å². The van der Waals surface area contributed by atoms with Crippen molar-refractivity contribution in [3.63, 3.8) is 0 Å². The minimum absolute atomic E-state index is 0.00861. The van der Waals surface area contributed by atoms with Crippen molar-refractivity contribution in [2.75, 3.05) is 59.7 Å². The fourth-order valence-corrected chi connectivity index (χ4v) is 7.48. The molecule has 0 spiro atoms. The van der Waals surface area contributed by atoms with Gasteiger partial charge in [0.15, 0.2) is 5.78 Å². The quantitative estimate of drug-likeness (QED) is 0.219. The normalized spacial score (nSPS) is 17.9. The van der Waals surface area contributed by atoms with Gasteiger partial charge < -0.3 is 19.3 Å². The SMILES string of the molecule is COc1cc(C(=O)c2c(-c3ccc(OCCN4CCCC4CO)cc3)sc3cc(C)ccc23)ccc1CN1CCOCC1. The number of rotatable bonds is 11. The van der Waals surface area contributed by atoms with Crippen molar-refractivity contribution in [1.29, 1.82) is 0 Å². The van der Waals surface area contributed by atoms with Crippen molar-refractivity contribution >= 4 is 27.2 Å². The van der Waals surface area contributed by atoms with Gasteiger partial charge in [0.2, 0.25) is 0 Å². The maximum Gasteiger partial charge on any atom is 0.195 e. The topological polar surface area (TPSA) is 71.5 Å². The lowest BCUT2D eigenvalue weighted by Crippen LogP contribution is -2.35. The van der Waals surface area contributed by atoms with Gasteiger partial charge in [-0.2, -0.15) is 0 Å². The van der Waals surface area contributed by atoms with Crippen LogP contribution in [0.5, 0.6) is 11.5 Å². The molecule has 2 aliphatic heterocycles. The number of aliphatic hydroxyl groups is 1. The maximum absolute atomic E-state index is 14.2. The van der Waals surface area contributed by atoms with Crippen LogP contribution in [0.2, 0.25) is 0 Å². The number of hydrogen-bond donors (Lipinski definition) is 1. The number of aliphatic hydroxyl groups excluding tert-OH is 1. The van der Waals surface area contributed by atoms with E-state index in [9.17, 15) is 9.90 Å². The molecule has 2 fully saturated rings. The standard InChI is InChI=1S/C35H40N2O5S/c1-24-5-12-30-32(20-24)43-35(25-8-10-29(11-9-25)42-19-16-37-13-3-4-28(37)23-38)33(30)34(39)26-6-7-27(31(21-26)40-2)22-36-14-17-41-18-15-36/h5-12,20-21,28,38H,3-4,13-19,22-23H2,1-2H3. The molecule has 3 heterocycles. The summed E-state index contributed by atoms with van der Waals surface area (Å²) in [5.41, 5.74) is 4.57. The fourth-order valence-electron chi connectivity index (χ4n) is 6.17. The highest BCUT2D eigenvalue weighted by molar-refractivity contribution is 7.22. The fraction of sp³-hybridized carbons (Fsp3) is 0.400. The molecule has 0 amide bonds. The van der Waals surface area contributed by atoms with E-state index in [-0.39, 0.29) is 18.4 Å². The molecule has 3 aromatic carbocycles. The average Bonchev–Trinajstić information content (AvgIpc) is 3.65. The van der Waals surface area contributed by atoms with Crippen molar-refractivity contribution in [3.05, 3.63) is 82.9 Å². The van der Waals surface area contributed by atoms with Crippen molar-refractivity contribution in [3.8, 4) is 21.9 Å². The number of nitrogens with zero attached hydrogens (tertiary/aromatic N) is 2. The molecule has 6 rings (SSSR count). The third-order valence-corrected chi connectivity index (χ3v) is 9.79. The lowest BCUT2D eigenvalue weighted by molar-refractivity contribution is 0.0339. The lowest BCUT2D eigenvalue weighted by atomic mass is 9.96. The summed E-state index contributed by atoms with van der Waals surface area (Å²) in [7, 11) is 1.67. The zero-order chi connectivity index (χ0) is 29.8. The molecule has 7 nitrogen and oxygen atoms in total. The van der Waals surface area contributed by atoms with Gasteiger partial charge in [-0.25, -0.2) is 0 Å². The second-order valence-corrected chi connectivity index (χ2v) is 12.5. The van der Waals surface area contributed by atoms with Crippen LogP contribution in [0.25, 0.3) is 20.5 Å². The Hall–Kier alpha value is -3.27. The van der Waals surface area contributed by atoms with Crippen molar-refractivity contribution in [1.82, 2.24) is 9.80 Å². The Morgan fingerprint density at radius 2 is 1.86 bits per heavy atom. The minimum atomic E-state index is -0.00861. The maximum atomic E-state index is 14.2. The van der Waals surface area contributed by atoms with Gasteiger partial charge in [0, 0.05) is 63.9 Å². The molecule has 1 N–H and O–H groups in total. The molecule has 8 heteroatoms. The molecule has 0 aliphatic carbocycles. The average molecular weight is 601 g/mol. The Kier molecular flexibility index (Phi) is 9.40. The summed E-state index contributed by atoms with van der Waals surface area (Å²) in [5.74, 6) is 1.52. The van der Waals surface area contributed by atoms with Crippen LogP contribution in [0.4, 0.5) is 0 Å². The molecule has 0 bridgehead atoms. The van der Waals surface area contributed by atoms with Gasteiger partial charge >= 0.3 is 0 Å². The van der Waals surface area contributed by atoms with E-state index in [0.717, 1.165) is 102 Å². The highest BCUT2D eigenvalue weighted by Crippen LogP contribution is 2.41. The largest absolute Gasteiger partial charge is 0.496 e. The molecule has 2 saturated heterocycles. The zero-order valence-corrected chi connectivity index (χ0v) is 25.8. The first-order valence-electron chi connectivity index (χ1n) is 15.2. The summed E-state index contributed by atoms with van der Waals surface area (Å²) in [5, 5.41) is 10.5. The third-order valence-electron chi connectivity index (χ3n) is 8.59. The van der Waals surface area contributed by atoms with Crippen LogP contribution in [0.3, 0.4) is 0 Å². The first-order valence-corrected chi connectivity index (χ1v) is 16.0. The highest BCUT2D eigenvalue weighted by atomic mass is 32.1. The van der Waals surface area contributed by atoms with Gasteiger partial charge in [0.1, 0.15) is 18.1 Å². The number of hydrogen-bond acceptors (Lipinski definition) is 8. The molecule has 226 valence electrons. The summed E-state index contributed by atoms with van der Waals surface area (Å²) in [6.07, 6.45) is 2.17. The monoisotopic (exact) mass is 600 g/mol. The van der Waals surface area contributed by atoms with E-state index < -0.39 is 0 Å². The highest BCUT2D eigenvalue weighted by Gasteiger charge is 2.24. The summed E-state index contributed by atoms with van der Waals surface area (Å²) in [4.78, 5) is 19.8. The van der Waals surface area contributed by atoms with Gasteiger partial charge in [0.05, 0.1) is 26.9 Å². The van der Waals surface area contributed by atoms with Gasteiger partial charge in [-0.05, 0) is 73.8 Å². The predicted molar refractivity (Wildman–Crippen MR) is 172 cm³/mol. The predicted octanol–water partition coefficient (Wildman–Crippen LogP) is 5.78. The number of thiophene rings is 1. The van der Waals surface area contributed by atoms with Crippen LogP contribution >= 0.6 is 11.3 Å². The summed E-state index contributed by atoms with van der Waals surface area (Å²) < 4.78 is 18.4. The Bertz CT molecular complexity index is 1560. The van der Waals surface area contributed by atoms with Crippen LogP contribution in [-0.4, -0.2) is 86.4 Å². The van der Waals surface area contributed by atoms with Crippen LogP contribution in [0.15, 0.2) is 60.7 Å². The molecule has 2 aliphatic rings. The number of carbonyl (C=O) groups excluding carboxylic acids is 1. The molecule has 1 atom stereocenters. The van der Waals surface area contributed by atoms with E-state index in [1.54, 1.807) is 18.4 Å². The van der Waals surface area contributed by atoms with Crippen LogP contribution in [0, 0.1) is 6.92 Å². The second kappa shape index (κ2) is 13.6. The van der Waals surface area contributed by atoms with Crippen LogP contribution < -0.4 is 9.47 Å². The first-order chi connectivity index (χ1) is 21.0. The number of ketones is 1. The number of ether oxygens (including phenoxy) is 3. The minimum Gasteiger partial charge on any atom is -0.496 e. The second-order valence-electron chi connectivity index (χ2n) is 11.4. The number of fused-ring (bicyclic) bond motifs is 1. The molecule has 0 radical (unpaired) electrons. The summed E-state index contributed by atoms with van der Waals surface area (Å²) in [6, 6.07) is 20.4. The smallest absolute Gasteiger partial charge is 0.195 e. The van der Waals surface area contributed by atoms with Gasteiger partial charge in [0.25, 0.3) is 0 Å². The van der Waals surface area contributed by atoms with E-state index in [2.05, 4.69) is 34.9 Å².